The lowest BCUT2D eigenvalue weighted by Crippen LogP contribution is -2.18. The molecule has 1 aliphatic carbocycles. The van der Waals surface area contributed by atoms with Crippen LogP contribution in [-0.4, -0.2) is 48.5 Å². The van der Waals surface area contributed by atoms with Crippen LogP contribution in [0.15, 0.2) is 24.2 Å². The van der Waals surface area contributed by atoms with Crippen molar-refractivity contribution in [3.8, 4) is 0 Å². The van der Waals surface area contributed by atoms with Gasteiger partial charge in [0.25, 0.3) is 5.92 Å². The van der Waals surface area contributed by atoms with Gasteiger partial charge in [-0.25, -0.2) is 13.8 Å². The van der Waals surface area contributed by atoms with Crippen LogP contribution in [0.3, 0.4) is 0 Å². The average Bonchev–Trinajstić information content (AvgIpc) is 3.20. The fourth-order valence-corrected chi connectivity index (χ4v) is 3.02. The number of aromatic nitrogens is 2. The first-order valence-corrected chi connectivity index (χ1v) is 8.47. The van der Waals surface area contributed by atoms with Crippen LogP contribution >= 0.6 is 0 Å². The van der Waals surface area contributed by atoms with E-state index in [1.165, 1.54) is 20.4 Å². The van der Waals surface area contributed by atoms with Crippen LogP contribution in [0.4, 0.5) is 14.6 Å². The van der Waals surface area contributed by atoms with Crippen LogP contribution in [0.5, 0.6) is 0 Å². The maximum Gasteiger partial charge on any atom is 0.260 e. The molecule has 0 saturated heterocycles. The molecule has 1 saturated carbocycles. The van der Waals surface area contributed by atoms with E-state index in [9.17, 15) is 13.6 Å². The van der Waals surface area contributed by atoms with Gasteiger partial charge in [0, 0.05) is 25.9 Å². The molecule has 10 heteroatoms. The fourth-order valence-electron chi connectivity index (χ4n) is 3.02. The number of pyridine rings is 1. The maximum atomic E-state index is 13.1. The lowest BCUT2D eigenvalue weighted by molar-refractivity contribution is -0.119. The molecule has 1 fully saturated rings. The standard InChI is InChI=1S/C18H21F2N5O3/c1-22-17(28-4)14(15(21)27-3)11-5-9-6-13(23-8-12(9)25(11)2)24-16(26)10-7-18(10,19)20/h5-6,8,10,21-22H,7H2,1-4H3,(H,23,24,26)/b17-14+,21-15?. The largest absolute Gasteiger partial charge is 0.482 e. The van der Waals surface area contributed by atoms with Crippen molar-refractivity contribution in [3.05, 3.63) is 29.9 Å². The summed E-state index contributed by atoms with van der Waals surface area (Å²) in [6, 6.07) is 3.37. The Bertz CT molecular complexity index is 977. The van der Waals surface area contributed by atoms with Gasteiger partial charge < -0.3 is 24.7 Å². The summed E-state index contributed by atoms with van der Waals surface area (Å²) in [7, 11) is 6.30. The number of ether oxygens (including phenoxy) is 2. The second-order valence-electron chi connectivity index (χ2n) is 6.42. The Morgan fingerprint density at radius 3 is 2.57 bits per heavy atom. The number of aryl methyl sites for hydroxylation is 1. The Balaban J connectivity index is 1.99. The first-order valence-electron chi connectivity index (χ1n) is 8.47. The van der Waals surface area contributed by atoms with Gasteiger partial charge in [0.2, 0.25) is 17.7 Å². The highest BCUT2D eigenvalue weighted by molar-refractivity contribution is 6.19. The number of rotatable bonds is 6. The number of amides is 1. The van der Waals surface area contributed by atoms with E-state index in [1.807, 2.05) is 0 Å². The first kappa shape index (κ1) is 19.6. The Hall–Kier alpha value is -3.17. The molecular formula is C18H21F2N5O3. The van der Waals surface area contributed by atoms with Crippen LogP contribution in [0.25, 0.3) is 16.5 Å². The summed E-state index contributed by atoms with van der Waals surface area (Å²) in [6.45, 7) is 0. The molecule has 0 bridgehead atoms. The summed E-state index contributed by atoms with van der Waals surface area (Å²) in [5, 5.41) is 14.1. The van der Waals surface area contributed by atoms with Crippen LogP contribution in [0, 0.1) is 11.3 Å². The lowest BCUT2D eigenvalue weighted by Gasteiger charge is -2.14. The Morgan fingerprint density at radius 1 is 1.36 bits per heavy atom. The quantitative estimate of drug-likeness (QED) is 0.397. The molecule has 1 atom stereocenters. The lowest BCUT2D eigenvalue weighted by atomic mass is 10.1. The molecule has 150 valence electrons. The zero-order chi connectivity index (χ0) is 20.6. The van der Waals surface area contributed by atoms with Crippen molar-refractivity contribution in [2.75, 3.05) is 26.6 Å². The van der Waals surface area contributed by atoms with Crippen molar-refractivity contribution in [1.29, 1.82) is 5.41 Å². The molecule has 2 aromatic heterocycles. The van der Waals surface area contributed by atoms with E-state index < -0.39 is 24.2 Å². The number of carbonyl (C=O) groups excluding carboxylic acids is 1. The van der Waals surface area contributed by atoms with E-state index in [0.29, 0.717) is 22.5 Å². The molecule has 0 spiro atoms. The zero-order valence-electron chi connectivity index (χ0n) is 15.9. The number of anilines is 1. The zero-order valence-corrected chi connectivity index (χ0v) is 15.9. The predicted molar refractivity (Wildman–Crippen MR) is 100 cm³/mol. The van der Waals surface area contributed by atoms with Crippen molar-refractivity contribution in [2.45, 2.75) is 12.3 Å². The number of methoxy groups -OCH3 is 2. The van der Waals surface area contributed by atoms with Gasteiger partial charge in [0.1, 0.15) is 17.3 Å². The number of carbonyl (C=O) groups is 1. The smallest absolute Gasteiger partial charge is 0.260 e. The first-order chi connectivity index (χ1) is 13.2. The molecule has 2 heterocycles. The number of hydrogen-bond acceptors (Lipinski definition) is 6. The number of fused-ring (bicyclic) bond motifs is 1. The second kappa shape index (κ2) is 7.10. The van der Waals surface area contributed by atoms with Gasteiger partial charge >= 0.3 is 0 Å². The minimum atomic E-state index is -2.93. The molecule has 8 nitrogen and oxygen atoms in total. The molecule has 1 amide bonds. The van der Waals surface area contributed by atoms with Gasteiger partial charge in [-0.1, -0.05) is 0 Å². The van der Waals surface area contributed by atoms with Gasteiger partial charge in [-0.15, -0.1) is 0 Å². The van der Waals surface area contributed by atoms with Crippen molar-refractivity contribution < 1.29 is 23.0 Å². The normalized spacial score (nSPS) is 18.3. The summed E-state index contributed by atoms with van der Waals surface area (Å²) in [4.78, 5) is 16.0. The van der Waals surface area contributed by atoms with E-state index >= 15 is 0 Å². The molecule has 1 aliphatic rings. The second-order valence-corrected chi connectivity index (χ2v) is 6.42. The number of alkyl halides is 2. The van der Waals surface area contributed by atoms with Crippen LogP contribution in [-0.2, 0) is 21.3 Å². The van der Waals surface area contributed by atoms with Crippen LogP contribution in [0.1, 0.15) is 12.1 Å². The summed E-state index contributed by atoms with van der Waals surface area (Å²) in [6.07, 6.45) is 1.09. The maximum absolute atomic E-state index is 13.1. The highest BCUT2D eigenvalue weighted by atomic mass is 19.3. The number of nitrogens with zero attached hydrogens (tertiary/aromatic N) is 2. The number of halogens is 2. The highest BCUT2D eigenvalue weighted by Gasteiger charge is 2.61. The van der Waals surface area contributed by atoms with Gasteiger partial charge in [-0.05, 0) is 12.1 Å². The monoisotopic (exact) mass is 393 g/mol. The Kier molecular flexibility index (Phi) is 4.97. The van der Waals surface area contributed by atoms with E-state index in [0.717, 1.165) is 5.52 Å². The molecule has 1 unspecified atom stereocenters. The Morgan fingerprint density at radius 2 is 2.04 bits per heavy atom. The molecule has 28 heavy (non-hydrogen) atoms. The molecule has 3 N–H and O–H groups in total. The molecule has 0 radical (unpaired) electrons. The molecule has 3 rings (SSSR count). The number of nitrogens with one attached hydrogen (secondary N) is 3. The Labute approximate surface area is 160 Å². The topological polar surface area (TPSA) is 101 Å². The SMILES string of the molecule is CN/C(OC)=C(\C(=N)OC)c1cc2cc(NC(=O)C3CC3(F)F)ncc2n1C. The van der Waals surface area contributed by atoms with Gasteiger partial charge in [0.15, 0.2) is 0 Å². The summed E-state index contributed by atoms with van der Waals surface area (Å²) < 4.78 is 38.3. The van der Waals surface area contributed by atoms with Crippen molar-refractivity contribution in [1.82, 2.24) is 14.9 Å². The predicted octanol–water partition coefficient (Wildman–Crippen LogP) is 2.33. The van der Waals surface area contributed by atoms with Crippen molar-refractivity contribution in [2.24, 2.45) is 13.0 Å². The summed E-state index contributed by atoms with van der Waals surface area (Å²) in [5.74, 6) is -4.55. The van der Waals surface area contributed by atoms with Crippen molar-refractivity contribution >= 4 is 34.1 Å². The van der Waals surface area contributed by atoms with E-state index in [-0.39, 0.29) is 11.7 Å². The molecule has 0 aromatic carbocycles. The average molecular weight is 393 g/mol. The number of hydrogen-bond donors (Lipinski definition) is 3. The van der Waals surface area contributed by atoms with Crippen molar-refractivity contribution in [3.63, 3.8) is 0 Å². The van der Waals surface area contributed by atoms with Crippen LogP contribution < -0.4 is 10.6 Å². The minimum Gasteiger partial charge on any atom is -0.482 e. The van der Waals surface area contributed by atoms with E-state index in [2.05, 4.69) is 15.6 Å². The molecule has 0 aliphatic heterocycles. The van der Waals surface area contributed by atoms with Crippen LogP contribution in [0.2, 0.25) is 0 Å². The summed E-state index contributed by atoms with van der Waals surface area (Å²) >= 11 is 0. The minimum absolute atomic E-state index is 0.102. The van der Waals surface area contributed by atoms with Gasteiger partial charge in [0.05, 0.1) is 31.6 Å². The molecular weight excluding hydrogens is 372 g/mol. The van der Waals surface area contributed by atoms with Gasteiger partial charge in [-0.2, -0.15) is 0 Å². The third kappa shape index (κ3) is 3.37. The van der Waals surface area contributed by atoms with E-state index in [1.54, 1.807) is 30.8 Å². The summed E-state index contributed by atoms with van der Waals surface area (Å²) in [5.41, 5.74) is 1.74. The third-order valence-corrected chi connectivity index (χ3v) is 4.67. The fraction of sp³-hybridized carbons (Fsp3) is 0.389. The van der Waals surface area contributed by atoms with Gasteiger partial charge in [-0.3, -0.25) is 10.2 Å². The third-order valence-electron chi connectivity index (χ3n) is 4.67. The highest BCUT2D eigenvalue weighted by Crippen LogP contribution is 2.49. The van der Waals surface area contributed by atoms with E-state index in [4.69, 9.17) is 14.9 Å². The molecule has 2 aromatic rings.